The summed E-state index contributed by atoms with van der Waals surface area (Å²) in [6.45, 7) is 9.04. The van der Waals surface area contributed by atoms with E-state index >= 15 is 0 Å². The van der Waals surface area contributed by atoms with Gasteiger partial charge in [0.1, 0.15) is 36.2 Å². The van der Waals surface area contributed by atoms with E-state index in [0.29, 0.717) is 53.9 Å². The fourth-order valence-electron chi connectivity index (χ4n) is 4.85. The maximum Gasteiger partial charge on any atom is 0.319 e. The number of carbonyl (C=O) groups is 1. The second kappa shape index (κ2) is 11.5. The Kier molecular flexibility index (Phi) is 7.90. The number of hydrogen-bond donors (Lipinski definition) is 0. The maximum atomic E-state index is 13.3. The van der Waals surface area contributed by atoms with Gasteiger partial charge in [-0.25, -0.2) is 4.79 Å². The van der Waals surface area contributed by atoms with Crippen LogP contribution in [0.3, 0.4) is 0 Å². The van der Waals surface area contributed by atoms with Gasteiger partial charge in [-0.2, -0.15) is 0 Å². The Bertz CT molecular complexity index is 1420. The van der Waals surface area contributed by atoms with Crippen molar-refractivity contribution in [3.63, 3.8) is 0 Å². The molecule has 2 aliphatic rings. The van der Waals surface area contributed by atoms with Gasteiger partial charge in [0.15, 0.2) is 22.9 Å². The Labute approximate surface area is 233 Å². The Morgan fingerprint density at radius 2 is 1.27 bits per heavy atom. The van der Waals surface area contributed by atoms with Crippen LogP contribution in [0.25, 0.3) is 0 Å². The molecule has 2 aliphatic heterocycles. The summed E-state index contributed by atoms with van der Waals surface area (Å²) in [6, 6.07) is 17.1. The molecular formula is C31H32N2O7. The van der Waals surface area contributed by atoms with Crippen LogP contribution < -0.4 is 28.2 Å². The molecule has 1 unspecified atom stereocenters. The summed E-state index contributed by atoms with van der Waals surface area (Å²) >= 11 is 0. The second-order valence-corrected chi connectivity index (χ2v) is 9.79. The molecule has 1 amide bonds. The van der Waals surface area contributed by atoms with Gasteiger partial charge < -0.3 is 34.0 Å². The molecule has 2 heterocycles. The lowest BCUT2D eigenvalue weighted by Crippen LogP contribution is -2.54. The lowest BCUT2D eigenvalue weighted by molar-refractivity contribution is -0.125. The molecule has 5 rings (SSSR count). The summed E-state index contributed by atoms with van der Waals surface area (Å²) in [5, 5.41) is 26.2. The summed E-state index contributed by atoms with van der Waals surface area (Å²) in [6.07, 6.45) is 4.87. The number of benzene rings is 3. The first-order valence-corrected chi connectivity index (χ1v) is 13.3. The minimum atomic E-state index is -1.04. The molecule has 0 aliphatic carbocycles. The third-order valence-corrected chi connectivity index (χ3v) is 6.99. The number of ether oxygens (including phenoxy) is 4. The summed E-state index contributed by atoms with van der Waals surface area (Å²) in [5.41, 5.74) is 0.834. The predicted octanol–water partition coefficient (Wildman–Crippen LogP) is 6.74. The quantitative estimate of drug-likeness (QED) is 0.141. The zero-order chi connectivity index (χ0) is 28.2. The molecule has 9 nitrogen and oxygen atoms in total. The molecule has 0 saturated carbocycles. The molecule has 0 aromatic heterocycles. The van der Waals surface area contributed by atoms with Crippen molar-refractivity contribution in [2.75, 3.05) is 32.8 Å². The van der Waals surface area contributed by atoms with Gasteiger partial charge in [-0.3, -0.25) is 4.65 Å². The summed E-state index contributed by atoms with van der Waals surface area (Å²) in [4.78, 5) is 12.4. The SMILES string of the molecule is C=CCOc1cc(Oc2cccc(Oc3ccc([N+]4([O-])CCCC4=O)c(OCC=C)c3)c2)ccc1[N+]1([O-])CCC1. The van der Waals surface area contributed by atoms with E-state index in [2.05, 4.69) is 13.2 Å². The van der Waals surface area contributed by atoms with E-state index in [1.54, 1.807) is 72.8 Å². The summed E-state index contributed by atoms with van der Waals surface area (Å²) < 4.78 is 22.2. The lowest BCUT2D eigenvalue weighted by Gasteiger charge is -2.49. The molecule has 3 aromatic carbocycles. The van der Waals surface area contributed by atoms with E-state index in [1.165, 1.54) is 0 Å². The zero-order valence-electron chi connectivity index (χ0n) is 22.3. The van der Waals surface area contributed by atoms with Crippen molar-refractivity contribution in [1.29, 1.82) is 0 Å². The van der Waals surface area contributed by atoms with Gasteiger partial charge in [0.25, 0.3) is 0 Å². The van der Waals surface area contributed by atoms with Gasteiger partial charge in [0, 0.05) is 43.2 Å². The van der Waals surface area contributed by atoms with Crippen molar-refractivity contribution in [2.45, 2.75) is 19.3 Å². The third kappa shape index (κ3) is 5.59. The molecule has 9 heteroatoms. The molecule has 208 valence electrons. The van der Waals surface area contributed by atoms with Crippen LogP contribution in [-0.4, -0.2) is 38.8 Å². The van der Waals surface area contributed by atoms with Crippen LogP contribution in [0.4, 0.5) is 11.4 Å². The van der Waals surface area contributed by atoms with Crippen LogP contribution in [0, 0.1) is 10.4 Å². The number of carbonyl (C=O) groups excluding carboxylic acids is 1. The first-order chi connectivity index (χ1) is 19.3. The fourth-order valence-corrected chi connectivity index (χ4v) is 4.85. The predicted molar refractivity (Wildman–Crippen MR) is 155 cm³/mol. The van der Waals surface area contributed by atoms with Crippen LogP contribution in [0.1, 0.15) is 19.3 Å². The number of rotatable bonds is 12. The van der Waals surface area contributed by atoms with Crippen LogP contribution in [-0.2, 0) is 4.79 Å². The Morgan fingerprint density at radius 3 is 1.77 bits per heavy atom. The smallest absolute Gasteiger partial charge is 0.319 e. The molecule has 0 bridgehead atoms. The summed E-state index contributed by atoms with van der Waals surface area (Å²) in [7, 11) is 0. The minimum Gasteiger partial charge on any atom is -0.627 e. The van der Waals surface area contributed by atoms with Gasteiger partial charge in [-0.1, -0.05) is 31.4 Å². The first kappa shape index (κ1) is 27.4. The van der Waals surface area contributed by atoms with Gasteiger partial charge in [-0.15, -0.1) is 0 Å². The molecule has 0 radical (unpaired) electrons. The normalized spacial score (nSPS) is 19.4. The van der Waals surface area contributed by atoms with Crippen molar-refractivity contribution in [3.8, 4) is 34.5 Å². The fraction of sp³-hybridized carbons (Fsp3) is 0.258. The lowest BCUT2D eigenvalue weighted by atomic mass is 10.1. The second-order valence-electron chi connectivity index (χ2n) is 9.79. The van der Waals surface area contributed by atoms with Gasteiger partial charge in [0.05, 0.1) is 26.1 Å². The Balaban J connectivity index is 1.35. The van der Waals surface area contributed by atoms with Crippen LogP contribution in [0.2, 0.25) is 0 Å². The number of hydroxylamine groups is 4. The number of quaternary nitrogens is 2. The molecule has 40 heavy (non-hydrogen) atoms. The zero-order valence-corrected chi connectivity index (χ0v) is 22.3. The van der Waals surface area contributed by atoms with E-state index in [9.17, 15) is 15.2 Å². The molecule has 2 saturated heterocycles. The van der Waals surface area contributed by atoms with Crippen molar-refractivity contribution < 1.29 is 23.7 Å². The molecule has 0 N–H and O–H groups in total. The average Bonchev–Trinajstić information content (AvgIpc) is 3.28. The molecule has 2 fully saturated rings. The van der Waals surface area contributed by atoms with Crippen LogP contribution in [0.5, 0.6) is 34.5 Å². The number of hydrogen-bond acceptors (Lipinski definition) is 7. The van der Waals surface area contributed by atoms with E-state index < -0.39 is 9.29 Å². The first-order valence-electron chi connectivity index (χ1n) is 13.3. The highest BCUT2D eigenvalue weighted by Gasteiger charge is 2.38. The topological polar surface area (TPSA) is 100 Å². The van der Waals surface area contributed by atoms with Crippen molar-refractivity contribution in [2.24, 2.45) is 0 Å². The van der Waals surface area contributed by atoms with E-state index in [0.717, 1.165) is 6.42 Å². The number of nitrogens with zero attached hydrogens (tertiary/aromatic N) is 2. The van der Waals surface area contributed by atoms with Gasteiger partial charge in [0.2, 0.25) is 0 Å². The maximum absolute atomic E-state index is 13.3. The highest BCUT2D eigenvalue weighted by Crippen LogP contribution is 2.42. The van der Waals surface area contributed by atoms with Crippen molar-refractivity contribution in [1.82, 2.24) is 9.29 Å². The molecule has 0 spiro atoms. The van der Waals surface area contributed by atoms with Gasteiger partial charge >= 0.3 is 5.91 Å². The number of amides is 1. The largest absolute Gasteiger partial charge is 0.627 e. The van der Waals surface area contributed by atoms with Crippen LogP contribution in [0.15, 0.2) is 86.0 Å². The Morgan fingerprint density at radius 1 is 0.725 bits per heavy atom. The monoisotopic (exact) mass is 544 g/mol. The van der Waals surface area contributed by atoms with E-state index in [1.807, 2.05) is 0 Å². The molecule has 1 atom stereocenters. The third-order valence-electron chi connectivity index (χ3n) is 6.99. The van der Waals surface area contributed by atoms with Crippen molar-refractivity contribution in [3.05, 3.63) is 96.4 Å². The van der Waals surface area contributed by atoms with E-state index in [4.69, 9.17) is 18.9 Å². The van der Waals surface area contributed by atoms with Crippen LogP contribution >= 0.6 is 0 Å². The highest BCUT2D eigenvalue weighted by molar-refractivity contribution is 5.92. The average molecular weight is 545 g/mol. The summed E-state index contributed by atoms with van der Waals surface area (Å²) in [5.74, 6) is 2.32. The van der Waals surface area contributed by atoms with Gasteiger partial charge in [-0.05, 0) is 24.3 Å². The molecule has 3 aromatic rings. The van der Waals surface area contributed by atoms with Crippen molar-refractivity contribution >= 4 is 17.3 Å². The minimum absolute atomic E-state index is 0.178. The Hall–Kier alpha value is -4.15. The van der Waals surface area contributed by atoms with E-state index in [-0.39, 0.29) is 43.5 Å². The highest BCUT2D eigenvalue weighted by atomic mass is 16.6. The standard InChI is InChI=1S/C31H32N2O7/c1-3-18-37-29-21-25(11-13-27(29)32(35)15-7-16-32)39-23-8-5-9-24(20-23)40-26-12-14-28(30(22-26)38-19-4-2)33(36)17-6-10-31(33)34/h3-5,8-9,11-14,20-22H,1-2,6-7,10,15-19H2. The molecular weight excluding hydrogens is 512 g/mol.